The van der Waals surface area contributed by atoms with Crippen molar-refractivity contribution in [3.63, 3.8) is 0 Å². The van der Waals surface area contributed by atoms with Crippen LogP contribution >= 0.6 is 0 Å². The van der Waals surface area contributed by atoms with Gasteiger partial charge < -0.3 is 9.47 Å². The van der Waals surface area contributed by atoms with Crippen molar-refractivity contribution in [2.24, 2.45) is 0 Å². The molecule has 4 nitrogen and oxygen atoms in total. The Balaban J connectivity index is 1.67. The van der Waals surface area contributed by atoms with E-state index in [1.807, 2.05) is 42.5 Å². The van der Waals surface area contributed by atoms with Gasteiger partial charge in [-0.05, 0) is 37.0 Å². The third-order valence-electron chi connectivity index (χ3n) is 4.05. The number of pyridine rings is 1. The fraction of sp³-hybridized carbons (Fsp3) is 0.368. The van der Waals surface area contributed by atoms with Gasteiger partial charge in [-0.3, -0.25) is 9.78 Å². The summed E-state index contributed by atoms with van der Waals surface area (Å²) < 4.78 is 11.3. The molecule has 0 spiro atoms. The van der Waals surface area contributed by atoms with Crippen molar-refractivity contribution in [2.45, 2.75) is 37.9 Å². The Hall–Kier alpha value is -2.20. The van der Waals surface area contributed by atoms with Crippen molar-refractivity contribution in [2.75, 3.05) is 6.61 Å². The molecule has 1 aromatic carbocycles. The predicted octanol–water partition coefficient (Wildman–Crippen LogP) is 3.67. The lowest BCUT2D eigenvalue weighted by Crippen LogP contribution is -2.15. The standard InChI is InChI=1S/C19H21NO3/c21-18(9-8-17-7-4-14-22-17)23-19(15-5-2-1-3-6-15)16-10-12-20-13-11-16/h1-3,5-6,10-13,17,19H,4,7-9,14H2. The molecule has 0 saturated carbocycles. The minimum atomic E-state index is -0.392. The number of carbonyl (C=O) groups excluding carboxylic acids is 1. The van der Waals surface area contributed by atoms with E-state index in [1.165, 1.54) is 0 Å². The smallest absolute Gasteiger partial charge is 0.306 e. The minimum Gasteiger partial charge on any atom is -0.453 e. The number of carbonyl (C=O) groups is 1. The van der Waals surface area contributed by atoms with Crippen LogP contribution in [0.2, 0.25) is 0 Å². The molecule has 0 N–H and O–H groups in total. The number of rotatable bonds is 6. The highest BCUT2D eigenvalue weighted by Gasteiger charge is 2.21. The largest absolute Gasteiger partial charge is 0.453 e. The quantitative estimate of drug-likeness (QED) is 0.764. The van der Waals surface area contributed by atoms with Crippen LogP contribution in [-0.2, 0) is 14.3 Å². The Morgan fingerprint density at radius 2 is 1.91 bits per heavy atom. The number of nitrogens with zero attached hydrogens (tertiary/aromatic N) is 1. The third kappa shape index (κ3) is 4.39. The zero-order valence-corrected chi connectivity index (χ0v) is 13.1. The number of hydrogen-bond acceptors (Lipinski definition) is 4. The number of hydrogen-bond donors (Lipinski definition) is 0. The molecule has 1 saturated heterocycles. The lowest BCUT2D eigenvalue weighted by atomic mass is 10.0. The van der Waals surface area contributed by atoms with E-state index in [9.17, 15) is 4.79 Å². The molecule has 23 heavy (non-hydrogen) atoms. The highest BCUT2D eigenvalue weighted by molar-refractivity contribution is 5.70. The summed E-state index contributed by atoms with van der Waals surface area (Å²) in [6.07, 6.45) is 6.49. The molecule has 3 rings (SSSR count). The third-order valence-corrected chi connectivity index (χ3v) is 4.05. The maximum Gasteiger partial charge on any atom is 0.306 e. The molecule has 2 unspecified atom stereocenters. The van der Waals surface area contributed by atoms with Crippen molar-refractivity contribution in [3.05, 3.63) is 66.0 Å². The molecule has 2 atom stereocenters. The monoisotopic (exact) mass is 311 g/mol. The van der Waals surface area contributed by atoms with Gasteiger partial charge in [-0.15, -0.1) is 0 Å². The second-order valence-electron chi connectivity index (χ2n) is 5.73. The van der Waals surface area contributed by atoms with E-state index in [-0.39, 0.29) is 12.1 Å². The van der Waals surface area contributed by atoms with Crippen LogP contribution in [0.3, 0.4) is 0 Å². The van der Waals surface area contributed by atoms with E-state index in [4.69, 9.17) is 9.47 Å². The van der Waals surface area contributed by atoms with Gasteiger partial charge in [-0.2, -0.15) is 0 Å². The first kappa shape index (κ1) is 15.7. The lowest BCUT2D eigenvalue weighted by Gasteiger charge is -2.19. The average molecular weight is 311 g/mol. The van der Waals surface area contributed by atoms with Crippen LogP contribution in [0, 0.1) is 0 Å². The number of esters is 1. The van der Waals surface area contributed by atoms with Gasteiger partial charge in [0.05, 0.1) is 6.10 Å². The Labute approximate surface area is 136 Å². The van der Waals surface area contributed by atoms with Crippen LogP contribution in [0.1, 0.15) is 42.9 Å². The summed E-state index contributed by atoms with van der Waals surface area (Å²) in [6, 6.07) is 13.5. The summed E-state index contributed by atoms with van der Waals surface area (Å²) in [5.41, 5.74) is 1.89. The molecule has 0 bridgehead atoms. The van der Waals surface area contributed by atoms with Gasteiger partial charge in [0.25, 0.3) is 0 Å². The first-order valence-corrected chi connectivity index (χ1v) is 8.09. The topological polar surface area (TPSA) is 48.4 Å². The Morgan fingerprint density at radius 3 is 2.61 bits per heavy atom. The Bertz CT molecular complexity index is 570. The Kier molecular flexibility index (Phi) is 5.37. The number of ether oxygens (including phenoxy) is 2. The summed E-state index contributed by atoms with van der Waals surface area (Å²) in [7, 11) is 0. The molecule has 120 valence electrons. The second-order valence-corrected chi connectivity index (χ2v) is 5.73. The van der Waals surface area contributed by atoms with E-state index < -0.39 is 6.10 Å². The SMILES string of the molecule is O=C(CCC1CCCO1)OC(c1ccccc1)c1ccncc1. The second kappa shape index (κ2) is 7.88. The van der Waals surface area contributed by atoms with Crippen LogP contribution in [0.25, 0.3) is 0 Å². The maximum absolute atomic E-state index is 12.3. The van der Waals surface area contributed by atoms with Crippen LogP contribution < -0.4 is 0 Å². The molecular formula is C19H21NO3. The lowest BCUT2D eigenvalue weighted by molar-refractivity contribution is -0.148. The van der Waals surface area contributed by atoms with Crippen molar-refractivity contribution in [1.82, 2.24) is 4.98 Å². The van der Waals surface area contributed by atoms with Crippen LogP contribution in [0.5, 0.6) is 0 Å². The van der Waals surface area contributed by atoms with Gasteiger partial charge in [0.2, 0.25) is 0 Å². The molecule has 0 radical (unpaired) electrons. The molecule has 0 amide bonds. The van der Waals surface area contributed by atoms with E-state index in [0.717, 1.165) is 37.0 Å². The first-order chi connectivity index (χ1) is 11.3. The molecular weight excluding hydrogens is 290 g/mol. The molecule has 0 aliphatic carbocycles. The normalized spacial score (nSPS) is 18.5. The zero-order chi connectivity index (χ0) is 15.9. The summed E-state index contributed by atoms with van der Waals surface area (Å²) in [6.45, 7) is 0.809. The fourth-order valence-electron chi connectivity index (χ4n) is 2.84. The fourth-order valence-corrected chi connectivity index (χ4v) is 2.84. The van der Waals surface area contributed by atoms with Gasteiger partial charge in [0.15, 0.2) is 6.10 Å². The highest BCUT2D eigenvalue weighted by atomic mass is 16.5. The van der Waals surface area contributed by atoms with Gasteiger partial charge >= 0.3 is 5.97 Å². The van der Waals surface area contributed by atoms with Crippen LogP contribution in [0.4, 0.5) is 0 Å². The molecule has 1 aliphatic rings. The molecule has 1 aromatic heterocycles. The van der Waals surface area contributed by atoms with Crippen LogP contribution in [-0.4, -0.2) is 23.7 Å². The minimum absolute atomic E-state index is 0.189. The van der Waals surface area contributed by atoms with Gasteiger partial charge in [-0.25, -0.2) is 0 Å². The van der Waals surface area contributed by atoms with Gasteiger partial charge in [-0.1, -0.05) is 30.3 Å². The van der Waals surface area contributed by atoms with E-state index in [0.29, 0.717) is 6.42 Å². The van der Waals surface area contributed by atoms with Crippen molar-refractivity contribution < 1.29 is 14.3 Å². The van der Waals surface area contributed by atoms with Gasteiger partial charge in [0.1, 0.15) is 0 Å². The molecule has 2 heterocycles. The van der Waals surface area contributed by atoms with Crippen LogP contribution in [0.15, 0.2) is 54.9 Å². The molecule has 1 aliphatic heterocycles. The molecule has 1 fully saturated rings. The van der Waals surface area contributed by atoms with Crippen molar-refractivity contribution >= 4 is 5.97 Å². The van der Waals surface area contributed by atoms with Gasteiger partial charge in [0, 0.05) is 31.0 Å². The van der Waals surface area contributed by atoms with E-state index >= 15 is 0 Å². The number of benzene rings is 1. The molecule has 2 aromatic rings. The highest BCUT2D eigenvalue weighted by Crippen LogP contribution is 2.26. The predicted molar refractivity (Wildman–Crippen MR) is 86.8 cm³/mol. The maximum atomic E-state index is 12.3. The van der Waals surface area contributed by atoms with Crippen molar-refractivity contribution in [3.8, 4) is 0 Å². The van der Waals surface area contributed by atoms with E-state index in [2.05, 4.69) is 4.98 Å². The average Bonchev–Trinajstić information content (AvgIpc) is 3.13. The number of aromatic nitrogens is 1. The zero-order valence-electron chi connectivity index (χ0n) is 13.1. The summed E-state index contributed by atoms with van der Waals surface area (Å²) in [5, 5.41) is 0. The molecule has 4 heteroatoms. The first-order valence-electron chi connectivity index (χ1n) is 8.09. The summed E-state index contributed by atoms with van der Waals surface area (Å²) in [5.74, 6) is -0.189. The summed E-state index contributed by atoms with van der Waals surface area (Å²) in [4.78, 5) is 16.3. The van der Waals surface area contributed by atoms with E-state index in [1.54, 1.807) is 12.4 Å². The Morgan fingerprint density at radius 1 is 1.17 bits per heavy atom. The van der Waals surface area contributed by atoms with Crippen molar-refractivity contribution in [1.29, 1.82) is 0 Å². The summed E-state index contributed by atoms with van der Waals surface area (Å²) >= 11 is 0.